The lowest BCUT2D eigenvalue weighted by Gasteiger charge is -2.08. The number of esters is 1. The SMILES string of the molecule is O=C(/C=C/c1c(Cl)nc2ccccn12)OC[C@H]1CCCO1. The number of hydrogen-bond donors (Lipinski definition) is 0. The minimum atomic E-state index is -0.410. The van der Waals surface area contributed by atoms with E-state index in [0.29, 0.717) is 17.5 Å². The monoisotopic (exact) mass is 306 g/mol. The zero-order valence-corrected chi connectivity index (χ0v) is 12.1. The van der Waals surface area contributed by atoms with Gasteiger partial charge in [-0.3, -0.25) is 4.40 Å². The van der Waals surface area contributed by atoms with Gasteiger partial charge in [0.25, 0.3) is 0 Å². The molecule has 2 aromatic heterocycles. The van der Waals surface area contributed by atoms with Crippen molar-refractivity contribution in [3.8, 4) is 0 Å². The normalized spacial score (nSPS) is 18.6. The van der Waals surface area contributed by atoms with Gasteiger partial charge in [-0.2, -0.15) is 0 Å². The number of ether oxygens (including phenoxy) is 2. The summed E-state index contributed by atoms with van der Waals surface area (Å²) in [6, 6.07) is 5.60. The second kappa shape index (κ2) is 6.28. The minimum absolute atomic E-state index is 0.0294. The number of rotatable bonds is 4. The number of fused-ring (bicyclic) bond motifs is 1. The largest absolute Gasteiger partial charge is 0.460 e. The van der Waals surface area contributed by atoms with Crippen molar-refractivity contribution < 1.29 is 14.3 Å². The Bertz CT molecular complexity index is 675. The van der Waals surface area contributed by atoms with E-state index in [4.69, 9.17) is 21.1 Å². The molecule has 1 saturated heterocycles. The van der Waals surface area contributed by atoms with Crippen LogP contribution in [-0.2, 0) is 14.3 Å². The Hall–Kier alpha value is -1.85. The smallest absolute Gasteiger partial charge is 0.330 e. The summed E-state index contributed by atoms with van der Waals surface area (Å²) < 4.78 is 12.4. The van der Waals surface area contributed by atoms with E-state index >= 15 is 0 Å². The number of carbonyl (C=O) groups excluding carboxylic acids is 1. The summed E-state index contributed by atoms with van der Waals surface area (Å²) in [4.78, 5) is 15.9. The molecule has 21 heavy (non-hydrogen) atoms. The van der Waals surface area contributed by atoms with Gasteiger partial charge in [0.05, 0.1) is 11.8 Å². The molecule has 0 spiro atoms. The van der Waals surface area contributed by atoms with Crippen molar-refractivity contribution in [2.45, 2.75) is 18.9 Å². The summed E-state index contributed by atoms with van der Waals surface area (Å²) in [7, 11) is 0. The lowest BCUT2D eigenvalue weighted by atomic mass is 10.2. The molecule has 0 unspecified atom stereocenters. The van der Waals surface area contributed by atoms with Crippen LogP contribution in [0.25, 0.3) is 11.7 Å². The first-order valence-electron chi connectivity index (χ1n) is 6.83. The van der Waals surface area contributed by atoms with E-state index in [1.807, 2.05) is 28.8 Å². The fraction of sp³-hybridized carbons (Fsp3) is 0.333. The molecule has 3 heterocycles. The van der Waals surface area contributed by atoms with Crippen LogP contribution < -0.4 is 0 Å². The van der Waals surface area contributed by atoms with Gasteiger partial charge < -0.3 is 9.47 Å². The highest BCUT2D eigenvalue weighted by molar-refractivity contribution is 6.31. The van der Waals surface area contributed by atoms with Gasteiger partial charge in [0.1, 0.15) is 12.3 Å². The molecular weight excluding hydrogens is 292 g/mol. The predicted molar refractivity (Wildman–Crippen MR) is 79.2 cm³/mol. The zero-order chi connectivity index (χ0) is 14.7. The number of hydrogen-bond acceptors (Lipinski definition) is 4. The van der Waals surface area contributed by atoms with E-state index in [9.17, 15) is 4.79 Å². The van der Waals surface area contributed by atoms with E-state index in [1.165, 1.54) is 6.08 Å². The number of imidazole rings is 1. The maximum absolute atomic E-state index is 11.7. The molecule has 3 rings (SSSR count). The van der Waals surface area contributed by atoms with E-state index in [-0.39, 0.29) is 6.10 Å². The van der Waals surface area contributed by atoms with E-state index < -0.39 is 5.97 Å². The van der Waals surface area contributed by atoms with Crippen LogP contribution in [0.4, 0.5) is 0 Å². The highest BCUT2D eigenvalue weighted by Crippen LogP contribution is 2.19. The van der Waals surface area contributed by atoms with Crippen LogP contribution in [0.15, 0.2) is 30.5 Å². The molecular formula is C15H15ClN2O3. The van der Waals surface area contributed by atoms with Crippen LogP contribution in [0.5, 0.6) is 0 Å². The number of nitrogens with zero attached hydrogens (tertiary/aromatic N) is 2. The first kappa shape index (κ1) is 14.1. The molecule has 1 atom stereocenters. The molecule has 6 heteroatoms. The lowest BCUT2D eigenvalue weighted by Crippen LogP contribution is -2.16. The Morgan fingerprint density at radius 3 is 3.29 bits per heavy atom. The van der Waals surface area contributed by atoms with Crippen LogP contribution >= 0.6 is 11.6 Å². The van der Waals surface area contributed by atoms with Crippen LogP contribution in [0.1, 0.15) is 18.5 Å². The Morgan fingerprint density at radius 1 is 1.57 bits per heavy atom. The standard InChI is InChI=1S/C15H15ClN2O3/c16-15-12(18-8-2-1-5-13(18)17-15)6-7-14(19)21-10-11-4-3-9-20-11/h1-2,5-8,11H,3-4,9-10H2/b7-6+/t11-/m1/s1. The molecule has 5 nitrogen and oxygen atoms in total. The van der Waals surface area contributed by atoms with Gasteiger partial charge in [-0.15, -0.1) is 0 Å². The van der Waals surface area contributed by atoms with Crippen molar-refractivity contribution in [2.24, 2.45) is 0 Å². The van der Waals surface area contributed by atoms with E-state index in [1.54, 1.807) is 6.08 Å². The molecule has 0 aromatic carbocycles. The number of carbonyl (C=O) groups is 1. The van der Waals surface area contributed by atoms with Crippen LogP contribution in [0.3, 0.4) is 0 Å². The first-order valence-corrected chi connectivity index (χ1v) is 7.21. The highest BCUT2D eigenvalue weighted by Gasteiger charge is 2.16. The summed E-state index contributed by atoms with van der Waals surface area (Å²) in [6.45, 7) is 1.04. The van der Waals surface area contributed by atoms with Crippen LogP contribution in [-0.4, -0.2) is 34.7 Å². The van der Waals surface area contributed by atoms with Crippen LogP contribution in [0, 0.1) is 0 Å². The molecule has 0 N–H and O–H groups in total. The van der Waals surface area contributed by atoms with Gasteiger partial charge in [0.2, 0.25) is 0 Å². The summed E-state index contributed by atoms with van der Waals surface area (Å²) in [5.41, 5.74) is 1.39. The van der Waals surface area contributed by atoms with Crippen LogP contribution in [0.2, 0.25) is 5.15 Å². The van der Waals surface area contributed by atoms with Gasteiger partial charge in [0, 0.05) is 18.9 Å². The molecule has 0 radical (unpaired) electrons. The second-order valence-corrected chi connectivity index (χ2v) is 5.17. The average molecular weight is 307 g/mol. The summed E-state index contributed by atoms with van der Waals surface area (Å²) in [6.07, 6.45) is 6.80. The second-order valence-electron chi connectivity index (χ2n) is 4.82. The minimum Gasteiger partial charge on any atom is -0.460 e. The first-order chi connectivity index (χ1) is 10.2. The molecule has 0 amide bonds. The van der Waals surface area contributed by atoms with Gasteiger partial charge in [-0.1, -0.05) is 17.7 Å². The maximum atomic E-state index is 11.7. The number of aromatic nitrogens is 2. The molecule has 0 saturated carbocycles. The van der Waals surface area contributed by atoms with Gasteiger partial charge in [-0.05, 0) is 31.1 Å². The quantitative estimate of drug-likeness (QED) is 0.644. The van der Waals surface area contributed by atoms with Crippen molar-refractivity contribution in [1.82, 2.24) is 9.38 Å². The Labute approximate surface area is 127 Å². The lowest BCUT2D eigenvalue weighted by molar-refractivity contribution is -0.140. The Balaban J connectivity index is 1.66. The van der Waals surface area contributed by atoms with Crippen molar-refractivity contribution in [2.75, 3.05) is 13.2 Å². The van der Waals surface area contributed by atoms with Gasteiger partial charge >= 0.3 is 5.97 Å². The van der Waals surface area contributed by atoms with Crippen molar-refractivity contribution in [3.05, 3.63) is 41.3 Å². The third kappa shape index (κ3) is 3.25. The number of halogens is 1. The van der Waals surface area contributed by atoms with E-state index in [2.05, 4.69) is 4.98 Å². The van der Waals surface area contributed by atoms with Crippen molar-refractivity contribution in [3.63, 3.8) is 0 Å². The molecule has 1 aliphatic rings. The molecule has 1 fully saturated rings. The summed E-state index contributed by atoms with van der Waals surface area (Å²) in [5, 5.41) is 0.351. The van der Waals surface area contributed by atoms with E-state index in [0.717, 1.165) is 25.1 Å². The Morgan fingerprint density at radius 2 is 2.48 bits per heavy atom. The molecule has 110 valence electrons. The van der Waals surface area contributed by atoms with Gasteiger partial charge in [-0.25, -0.2) is 9.78 Å². The molecule has 1 aliphatic heterocycles. The van der Waals surface area contributed by atoms with Crippen molar-refractivity contribution in [1.29, 1.82) is 0 Å². The predicted octanol–water partition coefficient (Wildman–Crippen LogP) is 2.72. The number of pyridine rings is 1. The Kier molecular flexibility index (Phi) is 4.22. The average Bonchev–Trinajstić information content (AvgIpc) is 3.10. The zero-order valence-electron chi connectivity index (χ0n) is 11.4. The fourth-order valence-corrected chi connectivity index (χ4v) is 2.52. The molecule has 0 bridgehead atoms. The third-order valence-electron chi connectivity index (χ3n) is 3.33. The van der Waals surface area contributed by atoms with Gasteiger partial charge in [0.15, 0.2) is 5.15 Å². The molecule has 0 aliphatic carbocycles. The maximum Gasteiger partial charge on any atom is 0.330 e. The highest BCUT2D eigenvalue weighted by atomic mass is 35.5. The topological polar surface area (TPSA) is 52.8 Å². The molecule has 2 aromatic rings. The summed E-state index contributed by atoms with van der Waals surface area (Å²) >= 11 is 6.08. The fourth-order valence-electron chi connectivity index (χ4n) is 2.28. The van der Waals surface area contributed by atoms with Crippen molar-refractivity contribution >= 4 is 29.3 Å². The third-order valence-corrected chi connectivity index (χ3v) is 3.61. The summed E-state index contributed by atoms with van der Waals surface area (Å²) in [5.74, 6) is -0.410.